The molecule has 0 unspecified atom stereocenters. The fourth-order valence-corrected chi connectivity index (χ4v) is 0.937. The van der Waals surface area contributed by atoms with Crippen LogP contribution in [0.5, 0.6) is 0 Å². The number of aliphatic carboxylic acids is 1. The van der Waals surface area contributed by atoms with Crippen molar-refractivity contribution in [3.8, 4) is 0 Å². The number of rotatable bonds is 7. The molecule has 0 heterocycles. The highest BCUT2D eigenvalue weighted by atomic mass is 16.4. The van der Waals surface area contributed by atoms with Crippen molar-refractivity contribution in [2.75, 3.05) is 54.1 Å². The number of aliphatic hydroxyl groups excluding tert-OH is 3. The van der Waals surface area contributed by atoms with Gasteiger partial charge in [-0.25, -0.2) is 0 Å². The molecule has 0 amide bonds. The first-order chi connectivity index (χ1) is 11.4. The Balaban J connectivity index is -0.000000143. The summed E-state index contributed by atoms with van der Waals surface area (Å²) in [6.45, 7) is 5.37. The van der Waals surface area contributed by atoms with E-state index in [9.17, 15) is 9.90 Å². The fourth-order valence-electron chi connectivity index (χ4n) is 0.937. The maximum absolute atomic E-state index is 10.1. The highest BCUT2D eigenvalue weighted by Gasteiger charge is 2.02. The van der Waals surface area contributed by atoms with E-state index < -0.39 is 12.0 Å². The summed E-state index contributed by atoms with van der Waals surface area (Å²) in [6.07, 6.45) is 0.853. The molecule has 0 aromatic heterocycles. The molecule has 0 aromatic carbocycles. The van der Waals surface area contributed by atoms with Gasteiger partial charge >= 0.3 is 0 Å². The van der Waals surface area contributed by atoms with Crippen LogP contribution in [-0.2, 0) is 4.79 Å². The summed E-state index contributed by atoms with van der Waals surface area (Å²) in [5, 5.41) is 33.6. The average Bonchev–Trinajstić information content (AvgIpc) is 2.44. The first-order valence-electron chi connectivity index (χ1n) is 8.08. The SMILES string of the molecule is CCO.CCO.C[N+](C)(C)CCO.NC(N)=NCCC[C@H](N)C(=O)[O-]. The third-order valence-corrected chi connectivity index (χ3v) is 2.04. The van der Waals surface area contributed by atoms with Crippen LogP contribution >= 0.6 is 0 Å². The lowest BCUT2D eigenvalue weighted by molar-refractivity contribution is -0.870. The number of carboxylic acid groups (broad SMARTS) is 1. The van der Waals surface area contributed by atoms with Crippen LogP contribution in [0.25, 0.3) is 0 Å². The molecule has 0 radical (unpaired) electrons. The Bertz CT molecular complexity index is 303. The summed E-state index contributed by atoms with van der Waals surface area (Å²) in [4.78, 5) is 13.8. The largest absolute Gasteiger partial charge is 0.548 e. The number of nitrogens with two attached hydrogens (primary N) is 3. The molecule has 0 saturated carbocycles. The van der Waals surface area contributed by atoms with Crippen molar-refractivity contribution in [1.82, 2.24) is 0 Å². The first-order valence-corrected chi connectivity index (χ1v) is 8.08. The second-order valence-electron chi connectivity index (χ2n) is 5.74. The molecule has 0 bridgehead atoms. The van der Waals surface area contributed by atoms with Gasteiger partial charge in [0.1, 0.15) is 6.54 Å². The van der Waals surface area contributed by atoms with Gasteiger partial charge in [-0.2, -0.15) is 0 Å². The van der Waals surface area contributed by atoms with Crippen molar-refractivity contribution < 1.29 is 29.7 Å². The molecule has 10 heteroatoms. The maximum Gasteiger partial charge on any atom is 0.185 e. The Morgan fingerprint density at radius 1 is 1.12 bits per heavy atom. The van der Waals surface area contributed by atoms with Crippen LogP contribution in [0.4, 0.5) is 0 Å². The Morgan fingerprint density at radius 3 is 1.72 bits per heavy atom. The molecule has 0 spiro atoms. The number of carbonyl (C=O) groups excluding carboxylic acids is 1. The topological polar surface area (TPSA) is 191 Å². The van der Waals surface area contributed by atoms with Crippen LogP contribution in [0.1, 0.15) is 26.7 Å². The van der Waals surface area contributed by atoms with Crippen LogP contribution in [0.2, 0.25) is 0 Å². The minimum atomic E-state index is -1.25. The highest BCUT2D eigenvalue weighted by Crippen LogP contribution is 1.93. The Labute approximate surface area is 151 Å². The summed E-state index contributed by atoms with van der Waals surface area (Å²) < 4.78 is 0.844. The van der Waals surface area contributed by atoms with E-state index in [-0.39, 0.29) is 25.8 Å². The van der Waals surface area contributed by atoms with Gasteiger partial charge in [0.2, 0.25) is 0 Å². The molecule has 25 heavy (non-hydrogen) atoms. The van der Waals surface area contributed by atoms with E-state index in [1.165, 1.54) is 0 Å². The van der Waals surface area contributed by atoms with Crippen molar-refractivity contribution >= 4 is 11.9 Å². The summed E-state index contributed by atoms with van der Waals surface area (Å²) in [5.41, 5.74) is 15.2. The summed E-state index contributed by atoms with van der Waals surface area (Å²) in [6, 6.07) is -0.931. The van der Waals surface area contributed by atoms with Crippen molar-refractivity contribution in [1.29, 1.82) is 0 Å². The normalized spacial score (nSPS) is 10.6. The molecular weight excluding hydrogens is 330 g/mol. The number of aliphatic hydroxyl groups is 3. The van der Waals surface area contributed by atoms with E-state index >= 15 is 0 Å². The lowest BCUT2D eigenvalue weighted by Crippen LogP contribution is -2.41. The average molecular weight is 370 g/mol. The number of aliphatic imine (C=N–C) groups is 1. The number of likely N-dealkylation sites (N-methyl/N-ethyl adjacent to an activating group) is 1. The van der Waals surface area contributed by atoms with Crippen molar-refractivity contribution in [3.05, 3.63) is 0 Å². The molecular formula is C15H39N5O5. The second-order valence-corrected chi connectivity index (χ2v) is 5.74. The van der Waals surface area contributed by atoms with E-state index in [0.29, 0.717) is 19.4 Å². The monoisotopic (exact) mass is 369 g/mol. The van der Waals surface area contributed by atoms with E-state index in [2.05, 4.69) is 26.1 Å². The van der Waals surface area contributed by atoms with Crippen molar-refractivity contribution in [2.24, 2.45) is 22.2 Å². The number of quaternary nitrogens is 1. The standard InChI is InChI=1S/C6H14N4O2.C5H14NO.2C2H6O/c7-4(5(11)12)2-1-3-10-6(8)9;1-6(2,3)4-5-7;2*1-2-3/h4H,1-3,7H2,(H,11,12)(H4,8,9,10);7H,4-5H2,1-3H3;2*3H,2H2,1H3/q;+1;;/p-1/t4-;;;/m0.../s1. The zero-order valence-corrected chi connectivity index (χ0v) is 16.3. The third kappa shape index (κ3) is 51.9. The minimum absolute atomic E-state index is 0.00276. The van der Waals surface area contributed by atoms with Gasteiger partial charge in [0.15, 0.2) is 5.96 Å². The van der Waals surface area contributed by atoms with Crippen LogP contribution < -0.4 is 22.3 Å². The van der Waals surface area contributed by atoms with Gasteiger partial charge in [0, 0.05) is 25.8 Å². The molecule has 9 N–H and O–H groups in total. The molecule has 0 rings (SSSR count). The van der Waals surface area contributed by atoms with E-state index in [1.54, 1.807) is 13.8 Å². The van der Waals surface area contributed by atoms with Gasteiger partial charge in [-0.1, -0.05) is 0 Å². The van der Waals surface area contributed by atoms with Crippen LogP contribution in [0, 0.1) is 0 Å². The number of carboxylic acids is 1. The van der Waals surface area contributed by atoms with E-state index in [4.69, 9.17) is 32.5 Å². The predicted octanol–water partition coefficient (Wildman–Crippen LogP) is -3.20. The Hall–Kier alpha value is -1.46. The molecule has 0 aliphatic carbocycles. The van der Waals surface area contributed by atoms with Gasteiger partial charge in [-0.15, -0.1) is 0 Å². The maximum atomic E-state index is 10.1. The predicted molar refractivity (Wildman–Crippen MR) is 98.4 cm³/mol. The number of hydrogen-bond donors (Lipinski definition) is 6. The Kier molecular flexibility index (Phi) is 28.2. The lowest BCUT2D eigenvalue weighted by Gasteiger charge is -2.21. The van der Waals surface area contributed by atoms with Gasteiger partial charge < -0.3 is 46.9 Å². The van der Waals surface area contributed by atoms with Gasteiger partial charge in [0.05, 0.1) is 33.7 Å². The molecule has 10 nitrogen and oxygen atoms in total. The molecule has 0 fully saturated rings. The number of guanidine groups is 1. The van der Waals surface area contributed by atoms with Crippen molar-refractivity contribution in [3.63, 3.8) is 0 Å². The number of nitrogens with zero attached hydrogens (tertiary/aromatic N) is 2. The minimum Gasteiger partial charge on any atom is -0.548 e. The molecule has 0 aromatic rings. The molecule has 0 aliphatic heterocycles. The number of hydrogen-bond acceptors (Lipinski definition) is 7. The van der Waals surface area contributed by atoms with Crippen LogP contribution in [-0.4, -0.2) is 91.8 Å². The fraction of sp³-hybridized carbons (Fsp3) is 0.867. The van der Waals surface area contributed by atoms with Crippen LogP contribution in [0.15, 0.2) is 4.99 Å². The first kappa shape index (κ1) is 31.3. The second kappa shape index (κ2) is 22.5. The molecule has 154 valence electrons. The summed E-state index contributed by atoms with van der Waals surface area (Å²) >= 11 is 0. The molecule has 0 aliphatic rings. The molecule has 0 saturated heterocycles. The van der Waals surface area contributed by atoms with Gasteiger partial charge in [-0.3, -0.25) is 4.99 Å². The van der Waals surface area contributed by atoms with Crippen LogP contribution in [0.3, 0.4) is 0 Å². The highest BCUT2D eigenvalue weighted by molar-refractivity contribution is 5.75. The number of carbonyl (C=O) groups is 1. The smallest absolute Gasteiger partial charge is 0.185 e. The van der Waals surface area contributed by atoms with E-state index in [1.807, 2.05) is 0 Å². The lowest BCUT2D eigenvalue weighted by atomic mass is 10.2. The Morgan fingerprint density at radius 2 is 1.52 bits per heavy atom. The van der Waals surface area contributed by atoms with Gasteiger partial charge in [-0.05, 0) is 26.7 Å². The van der Waals surface area contributed by atoms with Gasteiger partial charge in [0.25, 0.3) is 0 Å². The summed E-state index contributed by atoms with van der Waals surface area (Å²) in [5.74, 6) is -1.25. The molecule has 1 atom stereocenters. The summed E-state index contributed by atoms with van der Waals surface area (Å²) in [7, 11) is 6.16. The third-order valence-electron chi connectivity index (χ3n) is 2.04. The quantitative estimate of drug-likeness (QED) is 0.117. The van der Waals surface area contributed by atoms with Crippen molar-refractivity contribution in [2.45, 2.75) is 32.7 Å². The zero-order chi connectivity index (χ0) is 20.9. The zero-order valence-electron chi connectivity index (χ0n) is 16.3. The van der Waals surface area contributed by atoms with E-state index in [0.717, 1.165) is 11.0 Å².